The van der Waals surface area contributed by atoms with E-state index in [1.165, 1.54) is 39.8 Å². The lowest BCUT2D eigenvalue weighted by molar-refractivity contribution is -0.480. The summed E-state index contributed by atoms with van der Waals surface area (Å²) in [4.78, 5) is 47.3. The van der Waals surface area contributed by atoms with E-state index in [1.807, 2.05) is 6.92 Å². The molecule has 0 aliphatic carbocycles. The van der Waals surface area contributed by atoms with Crippen molar-refractivity contribution >= 4 is 52.8 Å². The number of aryl methyl sites for hydroxylation is 1. The van der Waals surface area contributed by atoms with Gasteiger partial charge in [0.15, 0.2) is 4.34 Å². The van der Waals surface area contributed by atoms with Crippen molar-refractivity contribution in [3.8, 4) is 0 Å². The average molecular weight is 475 g/mol. The van der Waals surface area contributed by atoms with E-state index in [9.17, 15) is 29.6 Å². The number of carboxylic acids is 1. The number of fused-ring (bicyclic) bond motifs is 1. The van der Waals surface area contributed by atoms with Crippen molar-refractivity contribution in [1.82, 2.24) is 25.7 Å². The Morgan fingerprint density at radius 1 is 1.43 bits per heavy atom. The van der Waals surface area contributed by atoms with Gasteiger partial charge in [-0.1, -0.05) is 23.1 Å². The second-order valence-corrected chi connectivity index (χ2v) is 9.84. The Kier molecular flexibility index (Phi) is 7.14. The molecule has 1 aromatic heterocycles. The van der Waals surface area contributed by atoms with Crippen molar-refractivity contribution in [3.05, 3.63) is 26.4 Å². The maximum Gasteiger partial charge on any atom is 0.352 e. The number of nitrogens with zero attached hydrogens (tertiary/aromatic N) is 4. The van der Waals surface area contributed by atoms with Crippen molar-refractivity contribution in [3.63, 3.8) is 0 Å². The number of carbonyl (C=O) groups is 3. The van der Waals surface area contributed by atoms with Crippen molar-refractivity contribution < 1.29 is 24.4 Å². The van der Waals surface area contributed by atoms with E-state index < -0.39 is 34.2 Å². The second-order valence-electron chi connectivity index (χ2n) is 6.33. The minimum Gasteiger partial charge on any atom is -0.477 e. The lowest BCUT2D eigenvalue weighted by atomic mass is 10.0. The minimum atomic E-state index is -1.19. The normalized spacial score (nSPS) is 20.4. The first-order valence-corrected chi connectivity index (χ1v) is 11.6. The Morgan fingerprint density at radius 2 is 2.20 bits per heavy atom. The third kappa shape index (κ3) is 5.02. The van der Waals surface area contributed by atoms with Gasteiger partial charge in [-0.3, -0.25) is 19.8 Å². The van der Waals surface area contributed by atoms with Crippen molar-refractivity contribution in [2.75, 3.05) is 24.6 Å². The Hall–Kier alpha value is -2.39. The second kappa shape index (κ2) is 9.61. The summed E-state index contributed by atoms with van der Waals surface area (Å²) < 4.78 is 0.722. The van der Waals surface area contributed by atoms with Crippen LogP contribution < -0.4 is 10.6 Å². The van der Waals surface area contributed by atoms with Gasteiger partial charge in [-0.05, 0) is 12.5 Å². The van der Waals surface area contributed by atoms with Crippen molar-refractivity contribution in [2.24, 2.45) is 0 Å². The van der Waals surface area contributed by atoms with E-state index in [2.05, 4.69) is 20.8 Å². The number of amides is 3. The van der Waals surface area contributed by atoms with Gasteiger partial charge in [0.05, 0.1) is 0 Å². The highest BCUT2D eigenvalue weighted by molar-refractivity contribution is 8.01. The molecule has 2 aliphatic heterocycles. The van der Waals surface area contributed by atoms with Crippen LogP contribution in [0.1, 0.15) is 11.4 Å². The number of nitrogens with one attached hydrogen (secondary N) is 2. The number of hydrogen-bond donors (Lipinski definition) is 3. The van der Waals surface area contributed by atoms with Gasteiger partial charge in [-0.25, -0.2) is 9.59 Å². The van der Waals surface area contributed by atoms with Crippen LogP contribution in [0, 0.1) is 17.0 Å². The molecule has 0 aromatic carbocycles. The smallest absolute Gasteiger partial charge is 0.352 e. The molecule has 15 heteroatoms. The van der Waals surface area contributed by atoms with Crippen LogP contribution in [0.4, 0.5) is 4.79 Å². The zero-order chi connectivity index (χ0) is 21.8. The number of thioether (sulfide) groups is 2. The molecule has 1 saturated heterocycles. The molecule has 1 unspecified atom stereocenters. The fourth-order valence-corrected chi connectivity index (χ4v) is 6.18. The van der Waals surface area contributed by atoms with Gasteiger partial charge >= 0.3 is 12.0 Å². The molecule has 30 heavy (non-hydrogen) atoms. The SMILES string of the molecule is Cc1nnc(SCC2=C(C(=O)O)N3C(=O)C(NC(=O)NCCC[N+](=O)[O-])[C@H]3SC2)s1. The van der Waals surface area contributed by atoms with Crippen LogP contribution >= 0.6 is 34.9 Å². The lowest BCUT2D eigenvalue weighted by Gasteiger charge is -2.49. The standard InChI is InChI=1S/C15H18N6O6S3/c1-7-18-19-15(30-7)29-6-8-5-28-12-9(11(22)21(12)10(8)13(23)24)17-14(25)16-3-2-4-20(26)27/h9,12H,2-6H2,1H3,(H,23,24)(H2,16,17,25)/t9?,12-/m1/s1. The van der Waals surface area contributed by atoms with Crippen LogP contribution in [0.15, 0.2) is 15.6 Å². The summed E-state index contributed by atoms with van der Waals surface area (Å²) in [6.07, 6.45) is 0.171. The molecular formula is C15H18N6O6S3. The Labute approximate surface area is 183 Å². The zero-order valence-corrected chi connectivity index (χ0v) is 18.1. The summed E-state index contributed by atoms with van der Waals surface area (Å²) >= 11 is 4.15. The number of carbonyl (C=O) groups excluding carboxylic acids is 2. The van der Waals surface area contributed by atoms with E-state index in [4.69, 9.17) is 0 Å². The van der Waals surface area contributed by atoms with Gasteiger partial charge in [-0.2, -0.15) is 0 Å². The van der Waals surface area contributed by atoms with Gasteiger partial charge in [0.2, 0.25) is 6.54 Å². The van der Waals surface area contributed by atoms with Crippen molar-refractivity contribution in [2.45, 2.75) is 29.1 Å². The third-order valence-corrected chi connectivity index (χ3v) is 7.61. The first-order valence-electron chi connectivity index (χ1n) is 8.77. The molecule has 0 saturated carbocycles. The number of nitro groups is 1. The molecular weight excluding hydrogens is 456 g/mol. The van der Waals surface area contributed by atoms with Gasteiger partial charge in [-0.15, -0.1) is 22.0 Å². The third-order valence-electron chi connectivity index (χ3n) is 4.22. The fourth-order valence-electron chi connectivity index (χ4n) is 2.88. The number of hydrogen-bond acceptors (Lipinski definition) is 10. The molecule has 3 amide bonds. The highest BCUT2D eigenvalue weighted by Crippen LogP contribution is 2.41. The van der Waals surface area contributed by atoms with Gasteiger partial charge in [0.1, 0.15) is 22.1 Å². The number of aliphatic carboxylic acids is 1. The molecule has 162 valence electrons. The zero-order valence-electron chi connectivity index (χ0n) is 15.7. The topological polar surface area (TPSA) is 168 Å². The summed E-state index contributed by atoms with van der Waals surface area (Å²) in [5, 5.41) is 33.1. The van der Waals surface area contributed by atoms with Crippen LogP contribution in [0.2, 0.25) is 0 Å². The highest BCUT2D eigenvalue weighted by atomic mass is 32.2. The van der Waals surface area contributed by atoms with Crippen LogP contribution in [-0.2, 0) is 9.59 Å². The monoisotopic (exact) mass is 474 g/mol. The fraction of sp³-hybridized carbons (Fsp3) is 0.533. The molecule has 2 aliphatic rings. The summed E-state index contributed by atoms with van der Waals surface area (Å²) in [7, 11) is 0. The first kappa shape index (κ1) is 22.3. The molecule has 0 radical (unpaired) electrons. The highest BCUT2D eigenvalue weighted by Gasteiger charge is 2.54. The Bertz CT molecular complexity index is 905. The van der Waals surface area contributed by atoms with Crippen molar-refractivity contribution in [1.29, 1.82) is 0 Å². The molecule has 3 heterocycles. The summed E-state index contributed by atoms with van der Waals surface area (Å²) in [6.45, 7) is 1.66. The molecule has 0 bridgehead atoms. The number of urea groups is 1. The number of rotatable bonds is 9. The molecule has 3 rings (SSSR count). The number of β-lactam (4-membered cyclic amide) rings is 1. The summed E-state index contributed by atoms with van der Waals surface area (Å²) in [5.74, 6) is -0.919. The quantitative estimate of drug-likeness (QED) is 0.151. The number of carboxylic acid groups (broad SMARTS) is 1. The predicted molar refractivity (Wildman–Crippen MR) is 110 cm³/mol. The average Bonchev–Trinajstić information content (AvgIpc) is 3.11. The van der Waals surface area contributed by atoms with Gasteiger partial charge < -0.3 is 15.7 Å². The van der Waals surface area contributed by atoms with Crippen LogP contribution in [-0.4, -0.2) is 79.0 Å². The Morgan fingerprint density at radius 3 is 2.83 bits per heavy atom. The maximum atomic E-state index is 12.5. The summed E-state index contributed by atoms with van der Waals surface area (Å²) in [6, 6.07) is -1.47. The van der Waals surface area contributed by atoms with Gasteiger partial charge in [0.25, 0.3) is 5.91 Å². The van der Waals surface area contributed by atoms with E-state index in [0.29, 0.717) is 17.1 Å². The van der Waals surface area contributed by atoms with E-state index in [0.717, 1.165) is 9.35 Å². The summed E-state index contributed by atoms with van der Waals surface area (Å²) in [5.41, 5.74) is 0.555. The molecule has 1 aromatic rings. The van der Waals surface area contributed by atoms with Crippen LogP contribution in [0.25, 0.3) is 0 Å². The maximum absolute atomic E-state index is 12.5. The Balaban J connectivity index is 1.59. The predicted octanol–water partition coefficient (Wildman–Crippen LogP) is 0.527. The minimum absolute atomic E-state index is 0.0538. The van der Waals surface area contributed by atoms with Crippen LogP contribution in [0.5, 0.6) is 0 Å². The molecule has 12 nitrogen and oxygen atoms in total. The molecule has 0 spiro atoms. The number of aromatic nitrogens is 2. The van der Waals surface area contributed by atoms with E-state index in [-0.39, 0.29) is 25.2 Å². The molecule has 2 atom stereocenters. The first-order chi connectivity index (χ1) is 14.3. The van der Waals surface area contributed by atoms with Gasteiger partial charge in [0, 0.05) is 29.4 Å². The largest absolute Gasteiger partial charge is 0.477 e. The molecule has 3 N–H and O–H groups in total. The van der Waals surface area contributed by atoms with E-state index >= 15 is 0 Å². The lowest BCUT2D eigenvalue weighted by Crippen LogP contribution is -2.71. The van der Waals surface area contributed by atoms with E-state index in [1.54, 1.807) is 0 Å². The van der Waals surface area contributed by atoms with Crippen LogP contribution in [0.3, 0.4) is 0 Å². The molecule has 1 fully saturated rings.